The molecule has 0 unspecified atom stereocenters. The fourth-order valence-corrected chi connectivity index (χ4v) is 2.22. The molecule has 1 heterocycles. The maximum absolute atomic E-state index is 11.8. The summed E-state index contributed by atoms with van der Waals surface area (Å²) in [6.45, 7) is 0.403. The molecule has 2 N–H and O–H groups in total. The number of hydrogen-bond acceptors (Lipinski definition) is 3. The molecular formula is C16H14N2O3. The second kappa shape index (κ2) is 5.66. The summed E-state index contributed by atoms with van der Waals surface area (Å²) in [6.07, 6.45) is 0. The Hall–Kier alpha value is -2.82. The first-order valence-corrected chi connectivity index (χ1v) is 6.61. The summed E-state index contributed by atoms with van der Waals surface area (Å²) in [5.74, 6) is 0.222. The maximum atomic E-state index is 11.8. The number of carbonyl (C=O) groups is 2. The van der Waals surface area contributed by atoms with Crippen LogP contribution in [0, 0.1) is 0 Å². The summed E-state index contributed by atoms with van der Waals surface area (Å²) >= 11 is 0. The number of imide groups is 1. The van der Waals surface area contributed by atoms with E-state index in [1.807, 2.05) is 42.5 Å². The molecule has 1 atom stereocenters. The Morgan fingerprint density at radius 1 is 0.952 bits per heavy atom. The first-order chi connectivity index (χ1) is 10.2. The van der Waals surface area contributed by atoms with E-state index in [1.54, 1.807) is 12.1 Å². The minimum atomic E-state index is -0.704. The molecule has 2 aromatic rings. The molecule has 0 aromatic heterocycles. The highest BCUT2D eigenvalue weighted by molar-refractivity contribution is 6.04. The molecule has 0 bridgehead atoms. The minimum Gasteiger partial charge on any atom is -0.489 e. The minimum absolute atomic E-state index is 0.365. The summed E-state index contributed by atoms with van der Waals surface area (Å²) in [6, 6.07) is 15.8. The summed E-state index contributed by atoms with van der Waals surface area (Å²) in [7, 11) is 0. The third-order valence-corrected chi connectivity index (χ3v) is 3.24. The Kier molecular flexibility index (Phi) is 3.55. The lowest BCUT2D eigenvalue weighted by Crippen LogP contribution is -2.22. The van der Waals surface area contributed by atoms with Gasteiger partial charge in [-0.1, -0.05) is 48.5 Å². The zero-order chi connectivity index (χ0) is 14.7. The van der Waals surface area contributed by atoms with Crippen molar-refractivity contribution in [2.24, 2.45) is 0 Å². The Morgan fingerprint density at radius 2 is 1.67 bits per heavy atom. The number of benzene rings is 2. The summed E-state index contributed by atoms with van der Waals surface area (Å²) in [5.41, 5.74) is 1.68. The van der Waals surface area contributed by atoms with E-state index in [2.05, 4.69) is 10.6 Å². The molecule has 0 radical (unpaired) electrons. The van der Waals surface area contributed by atoms with Crippen molar-refractivity contribution < 1.29 is 14.3 Å². The van der Waals surface area contributed by atoms with Crippen LogP contribution in [0.3, 0.4) is 0 Å². The normalized spacial score (nSPS) is 17.2. The lowest BCUT2D eigenvalue weighted by atomic mass is 10.1. The van der Waals surface area contributed by atoms with E-state index in [9.17, 15) is 9.59 Å². The van der Waals surface area contributed by atoms with Crippen molar-refractivity contribution in [2.45, 2.75) is 12.6 Å². The van der Waals surface area contributed by atoms with Gasteiger partial charge in [0.15, 0.2) is 0 Å². The molecule has 5 heteroatoms. The zero-order valence-electron chi connectivity index (χ0n) is 11.2. The van der Waals surface area contributed by atoms with Gasteiger partial charge in [-0.2, -0.15) is 0 Å². The highest BCUT2D eigenvalue weighted by Gasteiger charge is 2.32. The van der Waals surface area contributed by atoms with Gasteiger partial charge in [0.1, 0.15) is 18.4 Å². The molecule has 5 nitrogen and oxygen atoms in total. The van der Waals surface area contributed by atoms with Gasteiger partial charge in [0, 0.05) is 5.56 Å². The van der Waals surface area contributed by atoms with Gasteiger partial charge in [0.05, 0.1) is 0 Å². The van der Waals surface area contributed by atoms with Crippen molar-refractivity contribution in [1.82, 2.24) is 10.6 Å². The number of amides is 3. The van der Waals surface area contributed by atoms with Gasteiger partial charge in [-0.15, -0.1) is 0 Å². The lowest BCUT2D eigenvalue weighted by Gasteiger charge is -2.14. The van der Waals surface area contributed by atoms with Crippen LogP contribution in [0.1, 0.15) is 17.2 Å². The van der Waals surface area contributed by atoms with Gasteiger partial charge >= 0.3 is 6.03 Å². The lowest BCUT2D eigenvalue weighted by molar-refractivity contribution is -0.120. The van der Waals surface area contributed by atoms with E-state index < -0.39 is 12.1 Å². The number of ether oxygens (including phenoxy) is 1. The van der Waals surface area contributed by atoms with E-state index in [4.69, 9.17) is 4.74 Å². The Labute approximate surface area is 121 Å². The van der Waals surface area contributed by atoms with E-state index in [0.29, 0.717) is 17.9 Å². The Balaban J connectivity index is 1.80. The number of nitrogens with one attached hydrogen (secondary N) is 2. The van der Waals surface area contributed by atoms with Crippen LogP contribution in [0.2, 0.25) is 0 Å². The second-order valence-electron chi connectivity index (χ2n) is 4.71. The molecule has 1 fully saturated rings. The van der Waals surface area contributed by atoms with Gasteiger partial charge in [-0.3, -0.25) is 10.1 Å². The predicted molar refractivity (Wildman–Crippen MR) is 76.6 cm³/mol. The van der Waals surface area contributed by atoms with Gasteiger partial charge in [-0.25, -0.2) is 4.79 Å². The van der Waals surface area contributed by atoms with Crippen LogP contribution >= 0.6 is 0 Å². The molecule has 1 aliphatic rings. The van der Waals surface area contributed by atoms with Crippen molar-refractivity contribution in [1.29, 1.82) is 0 Å². The molecule has 21 heavy (non-hydrogen) atoms. The van der Waals surface area contributed by atoms with Crippen LogP contribution in [0.25, 0.3) is 0 Å². The van der Waals surface area contributed by atoms with E-state index >= 15 is 0 Å². The maximum Gasteiger partial charge on any atom is 0.322 e. The van der Waals surface area contributed by atoms with Gasteiger partial charge < -0.3 is 10.1 Å². The number of para-hydroxylation sites is 1. The largest absolute Gasteiger partial charge is 0.489 e. The highest BCUT2D eigenvalue weighted by Crippen LogP contribution is 2.27. The van der Waals surface area contributed by atoms with Crippen molar-refractivity contribution >= 4 is 11.9 Å². The fourth-order valence-electron chi connectivity index (χ4n) is 2.22. The standard InChI is InChI=1S/C16H14N2O3/c19-15-14(17-16(20)18-15)12-8-4-5-9-13(12)21-10-11-6-2-1-3-7-11/h1-9,14H,10H2,(H2,17,18,19,20)/t14-/m0/s1. The van der Waals surface area contributed by atoms with Crippen LogP contribution in [0.5, 0.6) is 5.75 Å². The van der Waals surface area contributed by atoms with Gasteiger partial charge in [0.2, 0.25) is 0 Å². The number of urea groups is 1. The molecular weight excluding hydrogens is 268 g/mol. The van der Waals surface area contributed by atoms with E-state index in [0.717, 1.165) is 5.56 Å². The first kappa shape index (κ1) is 13.2. The second-order valence-corrected chi connectivity index (χ2v) is 4.71. The van der Waals surface area contributed by atoms with Crippen molar-refractivity contribution in [3.05, 3.63) is 65.7 Å². The monoisotopic (exact) mass is 282 g/mol. The molecule has 3 rings (SSSR count). The van der Waals surface area contributed by atoms with Crippen molar-refractivity contribution in [3.8, 4) is 5.75 Å². The zero-order valence-corrected chi connectivity index (χ0v) is 11.2. The molecule has 3 amide bonds. The van der Waals surface area contributed by atoms with Crippen LogP contribution < -0.4 is 15.4 Å². The molecule has 0 saturated carbocycles. The van der Waals surface area contributed by atoms with E-state index in [-0.39, 0.29) is 5.91 Å². The van der Waals surface area contributed by atoms with Crippen molar-refractivity contribution in [2.75, 3.05) is 0 Å². The quantitative estimate of drug-likeness (QED) is 0.844. The Bertz CT molecular complexity index is 670. The van der Waals surface area contributed by atoms with Gasteiger partial charge in [-0.05, 0) is 11.6 Å². The Morgan fingerprint density at radius 3 is 2.38 bits per heavy atom. The fraction of sp³-hybridized carbons (Fsp3) is 0.125. The summed E-state index contributed by atoms with van der Waals surface area (Å²) < 4.78 is 5.79. The predicted octanol–water partition coefficient (Wildman–Crippen LogP) is 2.15. The molecule has 1 aliphatic heterocycles. The van der Waals surface area contributed by atoms with Crippen LogP contribution in [0.4, 0.5) is 4.79 Å². The SMILES string of the molecule is O=C1NC(=O)[C@H](c2ccccc2OCc2ccccc2)N1. The molecule has 0 spiro atoms. The van der Waals surface area contributed by atoms with Gasteiger partial charge in [0.25, 0.3) is 5.91 Å². The average molecular weight is 282 g/mol. The molecule has 106 valence electrons. The number of carbonyl (C=O) groups excluding carboxylic acids is 2. The third kappa shape index (κ3) is 2.86. The van der Waals surface area contributed by atoms with Crippen molar-refractivity contribution in [3.63, 3.8) is 0 Å². The molecule has 0 aliphatic carbocycles. The number of rotatable bonds is 4. The molecule has 1 saturated heterocycles. The third-order valence-electron chi connectivity index (χ3n) is 3.24. The van der Waals surface area contributed by atoms with Crippen LogP contribution in [-0.2, 0) is 11.4 Å². The molecule has 2 aromatic carbocycles. The number of hydrogen-bond donors (Lipinski definition) is 2. The van der Waals surface area contributed by atoms with Crippen LogP contribution in [-0.4, -0.2) is 11.9 Å². The average Bonchev–Trinajstić information content (AvgIpc) is 2.85. The first-order valence-electron chi connectivity index (χ1n) is 6.61. The van der Waals surface area contributed by atoms with Crippen LogP contribution in [0.15, 0.2) is 54.6 Å². The van der Waals surface area contributed by atoms with E-state index in [1.165, 1.54) is 0 Å². The summed E-state index contributed by atoms with van der Waals surface area (Å²) in [4.78, 5) is 23.0. The topological polar surface area (TPSA) is 67.4 Å². The smallest absolute Gasteiger partial charge is 0.322 e. The highest BCUT2D eigenvalue weighted by atomic mass is 16.5. The summed E-state index contributed by atoms with van der Waals surface area (Å²) in [5, 5.41) is 4.80.